The normalized spacial score (nSPS) is 30.6. The highest BCUT2D eigenvalue weighted by Crippen LogP contribution is 2.41. The molecule has 1 heterocycles. The number of hydrogen-bond acceptors (Lipinski definition) is 2. The highest BCUT2D eigenvalue weighted by atomic mass is 15.3. The third kappa shape index (κ3) is 3.17. The van der Waals surface area contributed by atoms with Crippen molar-refractivity contribution in [1.82, 2.24) is 10.2 Å². The fourth-order valence-corrected chi connectivity index (χ4v) is 3.86. The van der Waals surface area contributed by atoms with Gasteiger partial charge in [0.1, 0.15) is 0 Å². The fraction of sp³-hybridized carbons (Fsp3) is 0.684. The van der Waals surface area contributed by atoms with Gasteiger partial charge in [-0.25, -0.2) is 0 Å². The minimum atomic E-state index is 0.337. The maximum atomic E-state index is 3.86. The molecule has 1 aliphatic heterocycles. The number of benzene rings is 1. The van der Waals surface area contributed by atoms with Crippen LogP contribution in [0.3, 0.4) is 0 Å². The SMILES string of the molecule is CCC1CNC(C)(C2CC2)CN1Cc1cc(C)ccc1C. The standard InChI is InChI=1S/C19H30N2/c1-5-18-11-20-19(4,17-8-9-17)13-21(18)12-16-10-14(2)6-7-15(16)3/h6-7,10,17-18,20H,5,8-9,11-13H2,1-4H3. The predicted molar refractivity (Wildman–Crippen MR) is 89.5 cm³/mol. The lowest BCUT2D eigenvalue weighted by atomic mass is 9.89. The highest BCUT2D eigenvalue weighted by molar-refractivity contribution is 5.30. The third-order valence-corrected chi connectivity index (χ3v) is 5.62. The van der Waals surface area contributed by atoms with Crippen molar-refractivity contribution in [1.29, 1.82) is 0 Å². The molecule has 1 aromatic rings. The number of rotatable bonds is 4. The summed E-state index contributed by atoms with van der Waals surface area (Å²) in [6, 6.07) is 7.55. The summed E-state index contributed by atoms with van der Waals surface area (Å²) in [6.45, 7) is 12.7. The lowest BCUT2D eigenvalue weighted by Crippen LogP contribution is -2.63. The molecule has 3 rings (SSSR count). The Bertz CT molecular complexity index is 506. The third-order valence-electron chi connectivity index (χ3n) is 5.62. The van der Waals surface area contributed by atoms with Crippen molar-refractivity contribution in [2.75, 3.05) is 13.1 Å². The van der Waals surface area contributed by atoms with Gasteiger partial charge in [0.2, 0.25) is 0 Å². The molecule has 1 saturated carbocycles. The maximum Gasteiger partial charge on any atom is 0.0309 e. The van der Waals surface area contributed by atoms with Crippen LogP contribution in [0.2, 0.25) is 0 Å². The molecule has 2 fully saturated rings. The topological polar surface area (TPSA) is 15.3 Å². The predicted octanol–water partition coefficient (Wildman–Crippen LogP) is 3.66. The van der Waals surface area contributed by atoms with Crippen molar-refractivity contribution in [2.45, 2.75) is 65.1 Å². The van der Waals surface area contributed by atoms with Crippen LogP contribution < -0.4 is 5.32 Å². The molecule has 2 nitrogen and oxygen atoms in total. The van der Waals surface area contributed by atoms with Gasteiger partial charge in [0, 0.05) is 31.2 Å². The average molecular weight is 286 g/mol. The van der Waals surface area contributed by atoms with E-state index in [1.54, 1.807) is 0 Å². The molecule has 2 atom stereocenters. The summed E-state index contributed by atoms with van der Waals surface area (Å²) in [5.74, 6) is 0.899. The summed E-state index contributed by atoms with van der Waals surface area (Å²) in [5, 5.41) is 3.86. The van der Waals surface area contributed by atoms with Crippen LogP contribution in [0.1, 0.15) is 49.8 Å². The van der Waals surface area contributed by atoms with E-state index in [4.69, 9.17) is 0 Å². The van der Waals surface area contributed by atoms with Crippen molar-refractivity contribution in [3.8, 4) is 0 Å². The molecule has 1 aromatic carbocycles. The van der Waals surface area contributed by atoms with E-state index >= 15 is 0 Å². The van der Waals surface area contributed by atoms with Crippen LogP contribution in [0, 0.1) is 19.8 Å². The van der Waals surface area contributed by atoms with Crippen molar-refractivity contribution >= 4 is 0 Å². The first kappa shape index (κ1) is 15.1. The first-order valence-corrected chi connectivity index (χ1v) is 8.57. The molecule has 1 N–H and O–H groups in total. The van der Waals surface area contributed by atoms with E-state index in [0.29, 0.717) is 11.6 Å². The number of nitrogens with one attached hydrogen (secondary N) is 1. The summed E-state index contributed by atoms with van der Waals surface area (Å²) in [6.07, 6.45) is 4.06. The maximum absolute atomic E-state index is 3.86. The Morgan fingerprint density at radius 1 is 1.29 bits per heavy atom. The average Bonchev–Trinajstić information content (AvgIpc) is 3.28. The summed E-state index contributed by atoms with van der Waals surface area (Å²) in [7, 11) is 0. The van der Waals surface area contributed by atoms with Gasteiger partial charge in [-0.2, -0.15) is 0 Å². The molecule has 116 valence electrons. The molecule has 2 heteroatoms. The number of hydrogen-bond donors (Lipinski definition) is 1. The molecule has 2 aliphatic rings. The van der Waals surface area contributed by atoms with Gasteiger partial charge in [0.15, 0.2) is 0 Å². The highest BCUT2D eigenvalue weighted by Gasteiger charge is 2.45. The van der Waals surface area contributed by atoms with Crippen molar-refractivity contribution in [3.63, 3.8) is 0 Å². The largest absolute Gasteiger partial charge is 0.308 e. The van der Waals surface area contributed by atoms with Crippen LogP contribution in [0.4, 0.5) is 0 Å². The summed E-state index contributed by atoms with van der Waals surface area (Å²) in [5.41, 5.74) is 4.66. The Kier molecular flexibility index (Phi) is 4.11. The second-order valence-electron chi connectivity index (χ2n) is 7.47. The minimum Gasteiger partial charge on any atom is -0.308 e. The second kappa shape index (κ2) is 5.73. The first-order valence-electron chi connectivity index (χ1n) is 8.57. The molecule has 1 aliphatic carbocycles. The Morgan fingerprint density at radius 3 is 2.71 bits per heavy atom. The smallest absolute Gasteiger partial charge is 0.0309 e. The minimum absolute atomic E-state index is 0.337. The number of aryl methyl sites for hydroxylation is 2. The van der Waals surface area contributed by atoms with Crippen LogP contribution in [0.15, 0.2) is 18.2 Å². The molecule has 0 amide bonds. The van der Waals surface area contributed by atoms with E-state index in [1.165, 1.54) is 42.5 Å². The van der Waals surface area contributed by atoms with Crippen LogP contribution >= 0.6 is 0 Å². The molecule has 0 aromatic heterocycles. The van der Waals surface area contributed by atoms with Gasteiger partial charge in [-0.15, -0.1) is 0 Å². The van der Waals surface area contributed by atoms with E-state index in [9.17, 15) is 0 Å². The number of nitrogens with zero attached hydrogens (tertiary/aromatic N) is 1. The zero-order valence-electron chi connectivity index (χ0n) is 14.1. The van der Waals surface area contributed by atoms with Crippen molar-refractivity contribution in [3.05, 3.63) is 34.9 Å². The summed E-state index contributed by atoms with van der Waals surface area (Å²) >= 11 is 0. The Hall–Kier alpha value is -0.860. The Balaban J connectivity index is 1.78. The quantitative estimate of drug-likeness (QED) is 0.909. The van der Waals surface area contributed by atoms with Gasteiger partial charge >= 0.3 is 0 Å². The summed E-state index contributed by atoms with van der Waals surface area (Å²) < 4.78 is 0. The van der Waals surface area contributed by atoms with Crippen molar-refractivity contribution < 1.29 is 0 Å². The van der Waals surface area contributed by atoms with Crippen LogP contribution in [-0.2, 0) is 6.54 Å². The zero-order valence-corrected chi connectivity index (χ0v) is 14.1. The van der Waals surface area contributed by atoms with E-state index in [2.05, 4.69) is 56.1 Å². The van der Waals surface area contributed by atoms with E-state index in [1.807, 2.05) is 0 Å². The van der Waals surface area contributed by atoms with Crippen LogP contribution in [0.25, 0.3) is 0 Å². The molecule has 1 saturated heterocycles. The monoisotopic (exact) mass is 286 g/mol. The zero-order chi connectivity index (χ0) is 15.0. The summed E-state index contributed by atoms with van der Waals surface area (Å²) in [4.78, 5) is 2.73. The lowest BCUT2D eigenvalue weighted by molar-refractivity contribution is 0.0664. The molecular formula is C19H30N2. The van der Waals surface area contributed by atoms with Gasteiger partial charge in [0.25, 0.3) is 0 Å². The Labute approximate surface area is 129 Å². The lowest BCUT2D eigenvalue weighted by Gasteiger charge is -2.47. The van der Waals surface area contributed by atoms with Gasteiger partial charge in [-0.3, -0.25) is 4.90 Å². The van der Waals surface area contributed by atoms with Gasteiger partial charge in [-0.05, 0) is 57.1 Å². The van der Waals surface area contributed by atoms with Crippen LogP contribution in [-0.4, -0.2) is 29.6 Å². The van der Waals surface area contributed by atoms with Gasteiger partial charge in [-0.1, -0.05) is 30.7 Å². The molecule has 0 bridgehead atoms. The van der Waals surface area contributed by atoms with E-state index < -0.39 is 0 Å². The van der Waals surface area contributed by atoms with Gasteiger partial charge < -0.3 is 5.32 Å². The number of piperazine rings is 1. The molecule has 2 unspecified atom stereocenters. The fourth-order valence-electron chi connectivity index (χ4n) is 3.86. The Morgan fingerprint density at radius 2 is 2.05 bits per heavy atom. The molecular weight excluding hydrogens is 256 g/mol. The van der Waals surface area contributed by atoms with E-state index in [-0.39, 0.29) is 0 Å². The van der Waals surface area contributed by atoms with Crippen molar-refractivity contribution in [2.24, 2.45) is 5.92 Å². The van der Waals surface area contributed by atoms with Gasteiger partial charge in [0.05, 0.1) is 0 Å². The first-order chi connectivity index (χ1) is 10.0. The van der Waals surface area contributed by atoms with Crippen LogP contribution in [0.5, 0.6) is 0 Å². The second-order valence-corrected chi connectivity index (χ2v) is 7.47. The van der Waals surface area contributed by atoms with E-state index in [0.717, 1.165) is 19.0 Å². The molecule has 0 radical (unpaired) electrons. The molecule has 21 heavy (non-hydrogen) atoms. The molecule has 0 spiro atoms.